The summed E-state index contributed by atoms with van der Waals surface area (Å²) in [5, 5.41) is 7.17. The van der Waals surface area contributed by atoms with Gasteiger partial charge in [0.05, 0.1) is 6.61 Å². The molecule has 1 aromatic heterocycles. The smallest absolute Gasteiger partial charge is 0.222 e. The second kappa shape index (κ2) is 7.09. The highest BCUT2D eigenvalue weighted by molar-refractivity contribution is 8.14. The maximum atomic E-state index is 5.80. The van der Waals surface area contributed by atoms with E-state index < -0.39 is 0 Å². The Morgan fingerprint density at radius 2 is 2.00 bits per heavy atom. The number of amidine groups is 1. The summed E-state index contributed by atoms with van der Waals surface area (Å²) in [4.78, 5) is 8.56. The van der Waals surface area contributed by atoms with Crippen LogP contribution in [0.5, 0.6) is 5.75 Å². The molecule has 1 aromatic carbocycles. The van der Waals surface area contributed by atoms with E-state index in [2.05, 4.69) is 22.0 Å². The van der Waals surface area contributed by atoms with Gasteiger partial charge in [0.1, 0.15) is 5.75 Å². The molecule has 126 valence electrons. The van der Waals surface area contributed by atoms with E-state index in [1.807, 2.05) is 43.1 Å². The van der Waals surface area contributed by atoms with Crippen LogP contribution in [-0.2, 0) is 6.42 Å². The number of anilines is 2. The largest absolute Gasteiger partial charge is 0.492 e. The number of hydrazone groups is 1. The number of hydrogen-bond donors (Lipinski definition) is 1. The Morgan fingerprint density at radius 1 is 1.21 bits per heavy atom. The number of nitrogens with zero attached hydrogens (tertiary/aromatic N) is 4. The van der Waals surface area contributed by atoms with Crippen molar-refractivity contribution >= 4 is 28.7 Å². The summed E-state index contributed by atoms with van der Waals surface area (Å²) in [6.07, 6.45) is 0.849. The minimum absolute atomic E-state index is 0.286. The number of nitrogen functional groups attached to an aromatic ring is 1. The molecule has 1 aliphatic rings. The van der Waals surface area contributed by atoms with Gasteiger partial charge in [-0.25, -0.2) is 4.98 Å². The van der Waals surface area contributed by atoms with Crippen LogP contribution in [0.25, 0.3) is 0 Å². The number of nitrogens with two attached hydrogens (primary N) is 1. The van der Waals surface area contributed by atoms with Crippen LogP contribution in [0, 0.1) is 13.8 Å². The van der Waals surface area contributed by atoms with Crippen LogP contribution in [0.2, 0.25) is 0 Å². The molecule has 2 N–H and O–H groups in total. The zero-order valence-electron chi connectivity index (χ0n) is 14.1. The molecule has 7 heteroatoms. The zero-order valence-corrected chi connectivity index (χ0v) is 14.9. The average molecular weight is 343 g/mol. The topological polar surface area (TPSA) is 76.4 Å². The van der Waals surface area contributed by atoms with E-state index in [9.17, 15) is 0 Å². The molecule has 0 amide bonds. The Hall–Kier alpha value is -2.28. The maximum absolute atomic E-state index is 5.80. The SMILES string of the molecule is CCc1c(C)nc(N)nc1N1N=C1SCCOc1ccccc1C. The lowest BCUT2D eigenvalue weighted by molar-refractivity contribution is 0.342. The van der Waals surface area contributed by atoms with E-state index in [0.29, 0.717) is 6.61 Å². The summed E-state index contributed by atoms with van der Waals surface area (Å²) >= 11 is 1.65. The van der Waals surface area contributed by atoms with E-state index in [-0.39, 0.29) is 5.95 Å². The monoisotopic (exact) mass is 343 g/mol. The number of hydrogen-bond acceptors (Lipinski definition) is 7. The molecule has 2 heterocycles. The van der Waals surface area contributed by atoms with Crippen molar-refractivity contribution in [1.82, 2.24) is 9.97 Å². The fraction of sp³-hybridized carbons (Fsp3) is 0.353. The first-order chi connectivity index (χ1) is 11.6. The fourth-order valence-corrected chi connectivity index (χ4v) is 3.18. The molecule has 0 fully saturated rings. The average Bonchev–Trinajstić information content (AvgIpc) is 3.32. The van der Waals surface area contributed by atoms with Crippen molar-refractivity contribution in [3.63, 3.8) is 0 Å². The number of benzene rings is 1. The summed E-state index contributed by atoms with van der Waals surface area (Å²) in [5.74, 6) is 2.84. The fourth-order valence-electron chi connectivity index (χ4n) is 2.49. The first kappa shape index (κ1) is 16.6. The molecular weight excluding hydrogens is 322 g/mol. The van der Waals surface area contributed by atoms with Crippen molar-refractivity contribution < 1.29 is 4.74 Å². The molecule has 0 unspecified atom stereocenters. The second-order valence-corrected chi connectivity index (χ2v) is 6.54. The van der Waals surface area contributed by atoms with Gasteiger partial charge in [0.15, 0.2) is 5.82 Å². The number of thioether (sulfide) groups is 1. The molecule has 0 saturated carbocycles. The van der Waals surface area contributed by atoms with Gasteiger partial charge in [0.25, 0.3) is 0 Å². The quantitative estimate of drug-likeness (QED) is 0.812. The molecule has 2 aromatic rings. The molecule has 0 saturated heterocycles. The number of para-hydroxylation sites is 1. The summed E-state index contributed by atoms with van der Waals surface area (Å²) < 4.78 is 5.80. The third-order valence-corrected chi connectivity index (χ3v) is 4.64. The van der Waals surface area contributed by atoms with Crippen molar-refractivity contribution in [3.05, 3.63) is 41.1 Å². The lowest BCUT2D eigenvalue weighted by Gasteiger charge is -2.10. The van der Waals surface area contributed by atoms with E-state index in [0.717, 1.165) is 45.7 Å². The summed E-state index contributed by atoms with van der Waals surface area (Å²) in [6, 6.07) is 8.02. The van der Waals surface area contributed by atoms with Crippen molar-refractivity contribution in [3.8, 4) is 5.75 Å². The number of rotatable bonds is 6. The minimum atomic E-state index is 0.286. The molecular formula is C17H21N5OS. The number of ether oxygens (including phenoxy) is 1. The highest BCUT2D eigenvalue weighted by atomic mass is 32.2. The van der Waals surface area contributed by atoms with Crippen molar-refractivity contribution in [2.75, 3.05) is 23.1 Å². The van der Waals surface area contributed by atoms with Crippen LogP contribution in [0.4, 0.5) is 11.8 Å². The molecule has 24 heavy (non-hydrogen) atoms. The minimum Gasteiger partial charge on any atom is -0.492 e. The summed E-state index contributed by atoms with van der Waals surface area (Å²) in [5.41, 5.74) is 8.91. The predicted molar refractivity (Wildman–Crippen MR) is 99.6 cm³/mol. The molecule has 0 aliphatic carbocycles. The van der Waals surface area contributed by atoms with Gasteiger partial charge in [0, 0.05) is 17.0 Å². The van der Waals surface area contributed by atoms with Gasteiger partial charge in [-0.1, -0.05) is 36.9 Å². The lowest BCUT2D eigenvalue weighted by Crippen LogP contribution is -2.12. The first-order valence-corrected chi connectivity index (χ1v) is 8.91. The van der Waals surface area contributed by atoms with Gasteiger partial charge in [-0.15, -0.1) is 5.10 Å². The zero-order chi connectivity index (χ0) is 17.1. The van der Waals surface area contributed by atoms with Crippen molar-refractivity contribution in [1.29, 1.82) is 0 Å². The molecule has 0 radical (unpaired) electrons. The van der Waals surface area contributed by atoms with Gasteiger partial charge in [-0.05, 0) is 31.9 Å². The Bertz CT molecular complexity index is 778. The maximum Gasteiger partial charge on any atom is 0.222 e. The van der Waals surface area contributed by atoms with Gasteiger partial charge < -0.3 is 10.5 Å². The molecule has 1 aliphatic heterocycles. The van der Waals surface area contributed by atoms with Gasteiger partial charge in [0.2, 0.25) is 11.1 Å². The van der Waals surface area contributed by atoms with Crippen LogP contribution >= 0.6 is 11.8 Å². The number of aromatic nitrogens is 2. The van der Waals surface area contributed by atoms with Crippen LogP contribution < -0.4 is 15.5 Å². The summed E-state index contributed by atoms with van der Waals surface area (Å²) in [7, 11) is 0. The van der Waals surface area contributed by atoms with Crippen molar-refractivity contribution in [2.24, 2.45) is 5.10 Å². The third kappa shape index (κ3) is 3.62. The van der Waals surface area contributed by atoms with Gasteiger partial charge in [-0.2, -0.15) is 9.99 Å². The first-order valence-electron chi connectivity index (χ1n) is 7.93. The molecule has 0 spiro atoms. The second-order valence-electron chi connectivity index (χ2n) is 5.48. The normalized spacial score (nSPS) is 13.0. The lowest BCUT2D eigenvalue weighted by atomic mass is 10.2. The molecule has 0 bridgehead atoms. The standard InChI is InChI=1S/C17H21N5OS/c1-4-13-12(3)19-16(18)20-15(13)22-17(21-22)24-10-9-23-14-8-6-5-7-11(14)2/h5-8H,4,9-10H2,1-3H3,(H2,18,19,20). The van der Waals surface area contributed by atoms with E-state index in [4.69, 9.17) is 10.5 Å². The van der Waals surface area contributed by atoms with Gasteiger partial charge in [-0.3, -0.25) is 0 Å². The predicted octanol–water partition coefficient (Wildman–Crippen LogP) is 3.14. The third-order valence-electron chi connectivity index (χ3n) is 3.76. The Kier molecular flexibility index (Phi) is 4.89. The highest BCUT2D eigenvalue weighted by Gasteiger charge is 2.30. The van der Waals surface area contributed by atoms with E-state index in [1.54, 1.807) is 11.8 Å². The Balaban J connectivity index is 1.52. The van der Waals surface area contributed by atoms with Crippen LogP contribution in [0.1, 0.15) is 23.7 Å². The Morgan fingerprint density at radius 3 is 2.75 bits per heavy atom. The van der Waals surface area contributed by atoms with E-state index >= 15 is 0 Å². The van der Waals surface area contributed by atoms with Crippen LogP contribution in [0.15, 0.2) is 29.4 Å². The van der Waals surface area contributed by atoms with Crippen LogP contribution in [-0.4, -0.2) is 27.5 Å². The molecule has 6 nitrogen and oxygen atoms in total. The highest BCUT2D eigenvalue weighted by Crippen LogP contribution is 2.32. The van der Waals surface area contributed by atoms with Gasteiger partial charge >= 0.3 is 0 Å². The molecule has 0 atom stereocenters. The van der Waals surface area contributed by atoms with Crippen LogP contribution in [0.3, 0.4) is 0 Å². The Labute approximate surface area is 146 Å². The van der Waals surface area contributed by atoms with E-state index in [1.165, 1.54) is 0 Å². The molecule has 3 rings (SSSR count). The number of aryl methyl sites for hydroxylation is 2. The van der Waals surface area contributed by atoms with Crippen molar-refractivity contribution in [2.45, 2.75) is 27.2 Å². The summed E-state index contributed by atoms with van der Waals surface area (Å²) in [6.45, 7) is 6.71.